The SMILES string of the molecule is CC(C)(C)c1ccc(-c2cc3c(cc2-c2ccc(C(C)(C)C)cc2)-c2nc-3nc3[nH]c(nc4nc(nc5[nH]c(n2)c2cc(-c6ccc(C(C)(C)C)cc6)c(-c6ccc(C(C)(C)C)cc6)cc52)-c2ccccc2-c2ccccc2-4)c2cc(-c4ccc(C(C)(C)C)cc4)c(-c4ccc(C(C)(C)C)cc4)cc32)cc1. The van der Waals surface area contributed by atoms with Crippen LogP contribution in [0.1, 0.15) is 158 Å². The third kappa shape index (κ3) is 12.8. The summed E-state index contributed by atoms with van der Waals surface area (Å²) < 4.78 is 0. The molecule has 2 N–H and O–H groups in total. The zero-order chi connectivity index (χ0) is 74.3. The Kier molecular flexibility index (Phi) is 16.5. The normalized spacial score (nSPS) is 12.8. The van der Waals surface area contributed by atoms with Crippen LogP contribution in [0.4, 0.5) is 0 Å². The van der Waals surface area contributed by atoms with Gasteiger partial charge in [0.15, 0.2) is 23.3 Å². The van der Waals surface area contributed by atoms with Crippen molar-refractivity contribution in [3.8, 4) is 123 Å². The second-order valence-corrected chi connectivity index (χ2v) is 35.5. The second kappa shape index (κ2) is 25.3. The average Bonchev–Trinajstić information content (AvgIpc) is 1.59. The van der Waals surface area contributed by atoms with Gasteiger partial charge in [-0.1, -0.05) is 319 Å². The zero-order valence-electron chi connectivity index (χ0n) is 64.6. The molecule has 14 aromatic rings. The fraction of sp³-hybridized carbons (Fsp3) is 0.245. The standard InChI is InChI=1S/C98H94N8/c1-93(2,3)63-39-27-57(28-40-63)73-51-79-81(53-75(73)59-31-43-65(44-32-59)95(7,8)9)89-102-87(79)100-85-71-25-21-19-23-69(71)70-24-20-22-26-72(70)86(99-85)101-88-80-52-74(58-29-41-64(42-30-58)94(4,5)6)76(60-33-45-66(46-34-60)96(10,11)12)54-82(80)90(103-88)105-92-84-56-78(62-37-49-68(50-38-62)98(16,17)18)77(55-83(84)91(104-89)106-92)61-35-47-67(48-36-61)97(13,14)15/h19-56H,1-18H3,(H2,99,100,101,102,103,104,105,106). The van der Waals surface area contributed by atoms with Crippen molar-refractivity contribution in [1.29, 1.82) is 0 Å². The number of hydrogen-bond acceptors (Lipinski definition) is 6. The van der Waals surface area contributed by atoms with E-state index in [1.54, 1.807) is 0 Å². The van der Waals surface area contributed by atoms with Gasteiger partial charge in [0.2, 0.25) is 0 Å². The van der Waals surface area contributed by atoms with E-state index in [4.69, 9.17) is 29.9 Å². The average molecular weight is 1380 g/mol. The molecule has 3 aromatic heterocycles. The molecule has 5 heterocycles. The van der Waals surface area contributed by atoms with Gasteiger partial charge in [0, 0.05) is 43.8 Å². The van der Waals surface area contributed by atoms with Gasteiger partial charge in [-0.2, -0.15) is 0 Å². The van der Waals surface area contributed by atoms with Crippen molar-refractivity contribution in [3.63, 3.8) is 0 Å². The van der Waals surface area contributed by atoms with Crippen LogP contribution in [0, 0.1) is 0 Å². The number of aromatic amines is 2. The quantitative estimate of drug-likeness (QED) is 0.172. The van der Waals surface area contributed by atoms with Crippen molar-refractivity contribution < 1.29 is 0 Å². The van der Waals surface area contributed by atoms with Crippen LogP contribution in [0.3, 0.4) is 0 Å². The van der Waals surface area contributed by atoms with E-state index >= 15 is 0 Å². The lowest BCUT2D eigenvalue weighted by Crippen LogP contribution is -2.10. The molecular weight excluding hydrogens is 1290 g/mol. The summed E-state index contributed by atoms with van der Waals surface area (Å²) >= 11 is 0. The lowest BCUT2D eigenvalue weighted by atomic mass is 9.84. The van der Waals surface area contributed by atoms with Crippen LogP contribution in [0.25, 0.3) is 168 Å². The molecule has 0 spiro atoms. The number of nitrogens with one attached hydrogen (secondary N) is 2. The molecule has 0 unspecified atom stereocenters. The van der Waals surface area contributed by atoms with E-state index in [2.05, 4.69) is 365 Å². The van der Waals surface area contributed by atoms with Crippen LogP contribution in [0.5, 0.6) is 0 Å². The fourth-order valence-corrected chi connectivity index (χ4v) is 15.2. The molecule has 526 valence electrons. The molecule has 0 saturated heterocycles. The van der Waals surface area contributed by atoms with Gasteiger partial charge in [-0.3, -0.25) is 0 Å². The van der Waals surface area contributed by atoms with E-state index in [1.165, 1.54) is 33.4 Å². The summed E-state index contributed by atoms with van der Waals surface area (Å²) in [7, 11) is 0. The Bertz CT molecular complexity index is 5620. The summed E-state index contributed by atoms with van der Waals surface area (Å²) in [6, 6.07) is 85.4. The van der Waals surface area contributed by atoms with Gasteiger partial charge in [-0.15, -0.1) is 0 Å². The van der Waals surface area contributed by atoms with Gasteiger partial charge in [-0.05, 0) is 180 Å². The molecule has 11 aromatic carbocycles. The maximum Gasteiger partial charge on any atom is 0.164 e. The molecular formula is C98H94N8. The molecule has 8 heteroatoms. The minimum atomic E-state index is -0.0495. The third-order valence-electron chi connectivity index (χ3n) is 21.7. The Labute approximate surface area is 624 Å². The summed E-state index contributed by atoms with van der Waals surface area (Å²) in [6.07, 6.45) is 0. The van der Waals surface area contributed by atoms with Crippen LogP contribution in [0.15, 0.2) is 231 Å². The van der Waals surface area contributed by atoms with Crippen LogP contribution < -0.4 is 0 Å². The molecule has 0 amide bonds. The topological polar surface area (TPSA) is 109 Å². The molecule has 0 saturated carbocycles. The van der Waals surface area contributed by atoms with Crippen molar-refractivity contribution >= 4 is 44.1 Å². The molecule has 0 radical (unpaired) electrons. The number of aromatic nitrogens is 8. The van der Waals surface area contributed by atoms with Crippen molar-refractivity contribution in [2.24, 2.45) is 0 Å². The molecule has 2 aliphatic heterocycles. The van der Waals surface area contributed by atoms with Gasteiger partial charge >= 0.3 is 0 Å². The largest absolute Gasteiger partial charge is 0.324 e. The maximum absolute atomic E-state index is 5.87. The van der Waals surface area contributed by atoms with Crippen molar-refractivity contribution in [1.82, 2.24) is 39.9 Å². The Morgan fingerprint density at radius 1 is 0.179 bits per heavy atom. The highest BCUT2D eigenvalue weighted by atomic mass is 15.1. The molecule has 106 heavy (non-hydrogen) atoms. The minimum Gasteiger partial charge on any atom is -0.324 e. The van der Waals surface area contributed by atoms with E-state index in [0.29, 0.717) is 45.9 Å². The number of fused-ring (bicyclic) bond motifs is 22. The molecule has 8 nitrogen and oxygen atoms in total. The lowest BCUT2D eigenvalue weighted by molar-refractivity contribution is 0.590. The molecule has 2 aliphatic rings. The number of rotatable bonds is 6. The van der Waals surface area contributed by atoms with Crippen molar-refractivity contribution in [2.75, 3.05) is 0 Å². The zero-order valence-corrected chi connectivity index (χ0v) is 64.6. The second-order valence-electron chi connectivity index (χ2n) is 35.5. The highest BCUT2D eigenvalue weighted by Crippen LogP contribution is 2.48. The minimum absolute atomic E-state index is 0.0434. The Balaban J connectivity index is 1.08. The van der Waals surface area contributed by atoms with Gasteiger partial charge < -0.3 is 9.97 Å². The smallest absolute Gasteiger partial charge is 0.164 e. The number of hydrogen-bond donors (Lipinski definition) is 2. The van der Waals surface area contributed by atoms with Gasteiger partial charge in [-0.25, -0.2) is 29.9 Å². The van der Waals surface area contributed by atoms with Crippen molar-refractivity contribution in [2.45, 2.75) is 157 Å². The lowest BCUT2D eigenvalue weighted by Gasteiger charge is -2.21. The summed E-state index contributed by atoms with van der Waals surface area (Å²) in [5, 5.41) is 3.51. The van der Waals surface area contributed by atoms with Gasteiger partial charge in [0.1, 0.15) is 22.6 Å². The highest BCUT2D eigenvalue weighted by molar-refractivity contribution is 6.12. The molecule has 0 aliphatic carbocycles. The van der Waals surface area contributed by atoms with Gasteiger partial charge in [0.25, 0.3) is 0 Å². The summed E-state index contributed by atoms with van der Waals surface area (Å²) in [5.41, 5.74) is 28.0. The maximum atomic E-state index is 5.87. The van der Waals surface area contributed by atoms with Crippen LogP contribution in [0.2, 0.25) is 0 Å². The van der Waals surface area contributed by atoms with E-state index < -0.39 is 0 Å². The van der Waals surface area contributed by atoms with E-state index in [1.807, 2.05) is 0 Å². The fourth-order valence-electron chi connectivity index (χ4n) is 15.2. The van der Waals surface area contributed by atoms with E-state index in [-0.39, 0.29) is 32.5 Å². The Hall–Kier alpha value is -11.2. The van der Waals surface area contributed by atoms with E-state index in [9.17, 15) is 0 Å². The summed E-state index contributed by atoms with van der Waals surface area (Å²) in [5.74, 6) is 2.02. The summed E-state index contributed by atoms with van der Waals surface area (Å²) in [4.78, 5) is 42.7. The predicted octanol–water partition coefficient (Wildman–Crippen LogP) is 26.3. The summed E-state index contributed by atoms with van der Waals surface area (Å²) in [6.45, 7) is 40.8. The predicted molar refractivity (Wildman–Crippen MR) is 446 cm³/mol. The Morgan fingerprint density at radius 2 is 0.358 bits per heavy atom. The third-order valence-corrected chi connectivity index (χ3v) is 21.7. The van der Waals surface area contributed by atoms with Crippen LogP contribution in [-0.2, 0) is 32.5 Å². The highest BCUT2D eigenvalue weighted by Gasteiger charge is 2.29. The first-order valence-electron chi connectivity index (χ1n) is 37.5. The van der Waals surface area contributed by atoms with Crippen LogP contribution in [-0.4, -0.2) is 39.9 Å². The van der Waals surface area contributed by atoms with Crippen LogP contribution >= 0.6 is 0 Å². The first-order valence-corrected chi connectivity index (χ1v) is 37.5. The Morgan fingerprint density at radius 3 is 0.557 bits per heavy atom. The van der Waals surface area contributed by atoms with Gasteiger partial charge in [0.05, 0.1) is 0 Å². The monoisotopic (exact) mass is 1380 g/mol. The first kappa shape index (κ1) is 69.2. The van der Waals surface area contributed by atoms with E-state index in [0.717, 1.165) is 122 Å². The number of benzene rings is 11. The molecule has 0 fully saturated rings. The number of H-pyrrole nitrogens is 2. The van der Waals surface area contributed by atoms with Crippen molar-refractivity contribution in [3.05, 3.63) is 264 Å². The molecule has 16 rings (SSSR count). The molecule has 0 atom stereocenters. The molecule has 8 bridgehead atoms. The first-order chi connectivity index (χ1) is 50.3. The number of nitrogens with zero attached hydrogens (tertiary/aromatic N) is 6.